The van der Waals surface area contributed by atoms with Crippen LogP contribution in [0, 0.1) is 5.82 Å². The first-order valence-corrected chi connectivity index (χ1v) is 6.92. The fourth-order valence-electron chi connectivity index (χ4n) is 1.78. The van der Waals surface area contributed by atoms with Crippen LogP contribution in [0.15, 0.2) is 30.5 Å². The molecule has 20 heavy (non-hydrogen) atoms. The van der Waals surface area contributed by atoms with Gasteiger partial charge in [0.2, 0.25) is 0 Å². The largest absolute Gasteiger partial charge is 0.306 e. The molecule has 0 saturated heterocycles. The van der Waals surface area contributed by atoms with E-state index in [1.807, 2.05) is 12.3 Å². The van der Waals surface area contributed by atoms with Crippen LogP contribution in [0.3, 0.4) is 0 Å². The van der Waals surface area contributed by atoms with E-state index in [1.54, 1.807) is 10.7 Å². The molecule has 5 heteroatoms. The highest BCUT2D eigenvalue weighted by Gasteiger charge is 2.10. The summed E-state index contributed by atoms with van der Waals surface area (Å²) in [4.78, 5) is 0. The summed E-state index contributed by atoms with van der Waals surface area (Å²) in [5.41, 5.74) is 1.73. The fraction of sp³-hybridized carbons (Fsp3) is 0.400. The van der Waals surface area contributed by atoms with E-state index in [9.17, 15) is 4.39 Å². The van der Waals surface area contributed by atoms with Gasteiger partial charge in [-0.2, -0.15) is 5.10 Å². The minimum absolute atomic E-state index is 0.0512. The Labute approximate surface area is 123 Å². The molecule has 0 radical (unpaired) electrons. The van der Waals surface area contributed by atoms with E-state index in [-0.39, 0.29) is 11.4 Å². The third kappa shape index (κ3) is 4.32. The van der Waals surface area contributed by atoms with E-state index in [2.05, 4.69) is 31.2 Å². The summed E-state index contributed by atoms with van der Waals surface area (Å²) in [5, 5.41) is 8.38. The lowest BCUT2D eigenvalue weighted by atomic mass is 10.1. The van der Waals surface area contributed by atoms with Crippen LogP contribution in [0.5, 0.6) is 0 Å². The molecule has 0 aliphatic rings. The van der Waals surface area contributed by atoms with Crippen LogP contribution in [0.2, 0.25) is 5.02 Å². The summed E-state index contributed by atoms with van der Waals surface area (Å²) in [7, 11) is 0. The van der Waals surface area contributed by atoms with Gasteiger partial charge in [-0.15, -0.1) is 0 Å². The summed E-state index contributed by atoms with van der Waals surface area (Å²) in [6, 6.07) is 6.31. The Bertz CT molecular complexity index is 587. The Balaban J connectivity index is 2.04. The molecule has 1 aromatic carbocycles. The van der Waals surface area contributed by atoms with Crippen LogP contribution in [0.1, 0.15) is 32.0 Å². The molecule has 0 amide bonds. The van der Waals surface area contributed by atoms with Crippen molar-refractivity contribution in [3.8, 4) is 0 Å². The van der Waals surface area contributed by atoms with Gasteiger partial charge >= 0.3 is 0 Å². The van der Waals surface area contributed by atoms with Gasteiger partial charge in [0.1, 0.15) is 5.82 Å². The number of benzene rings is 1. The second-order valence-electron chi connectivity index (χ2n) is 5.84. The number of nitrogens with zero attached hydrogens (tertiary/aromatic N) is 2. The van der Waals surface area contributed by atoms with Gasteiger partial charge in [0.15, 0.2) is 0 Å². The zero-order chi connectivity index (χ0) is 14.8. The van der Waals surface area contributed by atoms with Crippen molar-refractivity contribution in [3.05, 3.63) is 52.6 Å². The lowest BCUT2D eigenvalue weighted by molar-refractivity contribution is 0.419. The monoisotopic (exact) mass is 295 g/mol. The molecule has 0 saturated carbocycles. The van der Waals surface area contributed by atoms with Crippen LogP contribution in [-0.2, 0) is 13.1 Å². The molecule has 2 aromatic rings. The second kappa shape index (κ2) is 5.94. The highest BCUT2D eigenvalue weighted by Crippen LogP contribution is 2.18. The van der Waals surface area contributed by atoms with Crippen LogP contribution >= 0.6 is 11.6 Å². The maximum atomic E-state index is 13.2. The lowest BCUT2D eigenvalue weighted by Gasteiger charge is -2.19. The van der Waals surface area contributed by atoms with Crippen LogP contribution < -0.4 is 5.32 Å². The average Bonchev–Trinajstić information content (AvgIpc) is 2.78. The average molecular weight is 296 g/mol. The van der Waals surface area contributed by atoms with E-state index < -0.39 is 0 Å². The van der Waals surface area contributed by atoms with Gasteiger partial charge < -0.3 is 5.32 Å². The van der Waals surface area contributed by atoms with E-state index in [0.717, 1.165) is 11.3 Å². The van der Waals surface area contributed by atoms with Crippen molar-refractivity contribution in [2.75, 3.05) is 0 Å². The minimum Gasteiger partial charge on any atom is -0.306 e. The van der Waals surface area contributed by atoms with Crippen molar-refractivity contribution in [1.29, 1.82) is 0 Å². The van der Waals surface area contributed by atoms with E-state index in [1.165, 1.54) is 12.1 Å². The molecule has 0 spiro atoms. The zero-order valence-corrected chi connectivity index (χ0v) is 12.7. The summed E-state index contributed by atoms with van der Waals surface area (Å²) in [6.45, 7) is 7.49. The standard InChI is InChI=1S/C15H19ClFN3/c1-15(2,3)18-9-13-6-7-20(19-13)10-11-8-12(17)4-5-14(11)16/h4-8,18H,9-10H2,1-3H3. The van der Waals surface area contributed by atoms with Crippen LogP contribution in [0.25, 0.3) is 0 Å². The normalized spacial score (nSPS) is 11.8. The van der Waals surface area contributed by atoms with Gasteiger partial charge in [0.25, 0.3) is 0 Å². The molecule has 1 aromatic heterocycles. The predicted octanol–water partition coefficient (Wildman–Crippen LogP) is 3.61. The van der Waals surface area contributed by atoms with E-state index in [4.69, 9.17) is 11.6 Å². The number of hydrogen-bond acceptors (Lipinski definition) is 2. The molecule has 108 valence electrons. The summed E-state index contributed by atoms with van der Waals surface area (Å²) in [5.74, 6) is -0.286. The molecule has 1 heterocycles. The first kappa shape index (κ1) is 15.0. The predicted molar refractivity (Wildman–Crippen MR) is 79.3 cm³/mol. The quantitative estimate of drug-likeness (QED) is 0.934. The van der Waals surface area contributed by atoms with E-state index in [0.29, 0.717) is 18.1 Å². The van der Waals surface area contributed by atoms with Crippen molar-refractivity contribution in [2.45, 2.75) is 39.4 Å². The van der Waals surface area contributed by atoms with Crippen LogP contribution in [0.4, 0.5) is 4.39 Å². The van der Waals surface area contributed by atoms with Gasteiger partial charge in [-0.05, 0) is 50.6 Å². The zero-order valence-electron chi connectivity index (χ0n) is 12.0. The Hall–Kier alpha value is -1.39. The topological polar surface area (TPSA) is 29.9 Å². The third-order valence-electron chi connectivity index (χ3n) is 2.84. The molecule has 1 N–H and O–H groups in total. The number of nitrogens with one attached hydrogen (secondary N) is 1. The molecule has 0 aliphatic carbocycles. The molecule has 0 aliphatic heterocycles. The molecule has 0 bridgehead atoms. The Morgan fingerprint density at radius 2 is 2.05 bits per heavy atom. The molecule has 0 unspecified atom stereocenters. The number of hydrogen-bond donors (Lipinski definition) is 1. The summed E-state index contributed by atoms with van der Waals surface area (Å²) < 4.78 is 15.0. The van der Waals surface area contributed by atoms with Gasteiger partial charge in [0, 0.05) is 23.3 Å². The third-order valence-corrected chi connectivity index (χ3v) is 3.20. The molecule has 3 nitrogen and oxygen atoms in total. The fourth-order valence-corrected chi connectivity index (χ4v) is 1.96. The van der Waals surface area contributed by atoms with Crippen LogP contribution in [-0.4, -0.2) is 15.3 Å². The van der Waals surface area contributed by atoms with Crippen molar-refractivity contribution < 1.29 is 4.39 Å². The Morgan fingerprint density at radius 3 is 2.75 bits per heavy atom. The smallest absolute Gasteiger partial charge is 0.123 e. The Kier molecular flexibility index (Phi) is 4.45. The first-order chi connectivity index (χ1) is 9.33. The Morgan fingerprint density at radius 1 is 1.30 bits per heavy atom. The van der Waals surface area contributed by atoms with Crippen molar-refractivity contribution in [2.24, 2.45) is 0 Å². The van der Waals surface area contributed by atoms with Gasteiger partial charge in [-0.25, -0.2) is 4.39 Å². The highest BCUT2D eigenvalue weighted by atomic mass is 35.5. The van der Waals surface area contributed by atoms with Crippen molar-refractivity contribution >= 4 is 11.6 Å². The van der Waals surface area contributed by atoms with E-state index >= 15 is 0 Å². The lowest BCUT2D eigenvalue weighted by Crippen LogP contribution is -2.35. The second-order valence-corrected chi connectivity index (χ2v) is 6.25. The number of rotatable bonds is 4. The molecule has 2 rings (SSSR count). The molecule has 0 fully saturated rings. The SMILES string of the molecule is CC(C)(C)NCc1ccn(Cc2cc(F)ccc2Cl)n1. The maximum Gasteiger partial charge on any atom is 0.123 e. The van der Waals surface area contributed by atoms with Crippen molar-refractivity contribution in [1.82, 2.24) is 15.1 Å². The maximum absolute atomic E-state index is 13.2. The van der Waals surface area contributed by atoms with Gasteiger partial charge in [0.05, 0.1) is 12.2 Å². The number of aromatic nitrogens is 2. The summed E-state index contributed by atoms with van der Waals surface area (Å²) >= 11 is 6.05. The molecular formula is C15H19ClFN3. The van der Waals surface area contributed by atoms with Gasteiger partial charge in [-0.3, -0.25) is 4.68 Å². The van der Waals surface area contributed by atoms with Gasteiger partial charge in [-0.1, -0.05) is 11.6 Å². The first-order valence-electron chi connectivity index (χ1n) is 6.55. The number of halogens is 2. The minimum atomic E-state index is -0.286. The molecular weight excluding hydrogens is 277 g/mol. The highest BCUT2D eigenvalue weighted by molar-refractivity contribution is 6.31. The van der Waals surface area contributed by atoms with Crippen molar-refractivity contribution in [3.63, 3.8) is 0 Å². The molecule has 0 atom stereocenters. The summed E-state index contributed by atoms with van der Waals surface area (Å²) in [6.07, 6.45) is 1.88.